The van der Waals surface area contributed by atoms with E-state index >= 15 is 0 Å². The van der Waals surface area contributed by atoms with Crippen LogP contribution in [0.4, 0.5) is 0 Å². The zero-order chi connectivity index (χ0) is 24.6. The van der Waals surface area contributed by atoms with E-state index in [4.69, 9.17) is 0 Å². The van der Waals surface area contributed by atoms with E-state index in [1.54, 1.807) is 15.3 Å². The predicted molar refractivity (Wildman–Crippen MR) is 151 cm³/mol. The van der Waals surface area contributed by atoms with Crippen molar-refractivity contribution < 1.29 is 46.1 Å². The van der Waals surface area contributed by atoms with Crippen LogP contribution in [-0.4, -0.2) is 3.21 Å². The first-order valence-corrected chi connectivity index (χ1v) is 16.8. The molecule has 2 aliphatic carbocycles. The molecule has 0 spiro atoms. The van der Waals surface area contributed by atoms with Crippen molar-refractivity contribution in [2.45, 2.75) is 40.0 Å². The summed E-state index contributed by atoms with van der Waals surface area (Å²) in [6, 6.07) is 32.5. The van der Waals surface area contributed by atoms with Gasteiger partial charge < -0.3 is 24.8 Å². The van der Waals surface area contributed by atoms with E-state index in [0.717, 1.165) is 19.3 Å². The summed E-state index contributed by atoms with van der Waals surface area (Å²) in [4.78, 5) is 0. The van der Waals surface area contributed by atoms with E-state index in [-0.39, 0.29) is 24.8 Å². The van der Waals surface area contributed by atoms with Crippen LogP contribution in [0.1, 0.15) is 52.3 Å². The second-order valence-corrected chi connectivity index (χ2v) is 16.0. The molecule has 0 atom stereocenters. The van der Waals surface area contributed by atoms with Gasteiger partial charge in [-0.15, -0.1) is 0 Å². The van der Waals surface area contributed by atoms with E-state index in [2.05, 4.69) is 124 Å². The summed E-state index contributed by atoms with van der Waals surface area (Å²) in [6.07, 6.45) is 10.3. The summed E-state index contributed by atoms with van der Waals surface area (Å²) in [5.41, 5.74) is 13.0. The van der Waals surface area contributed by atoms with Gasteiger partial charge in [-0.1, -0.05) is 0 Å². The monoisotopic (exact) mass is 612 g/mol. The smallest absolute Gasteiger partial charge is 1.00 e. The maximum Gasteiger partial charge on any atom is -1.00 e. The van der Waals surface area contributed by atoms with Crippen LogP contribution in [0, 0.1) is 13.8 Å². The molecule has 0 nitrogen and oxygen atoms in total. The molecule has 0 fully saturated rings. The molecule has 0 aliphatic heterocycles. The molecule has 0 aromatic heterocycles. The normalized spacial score (nSPS) is 13.1. The number of halogens is 2. The summed E-state index contributed by atoms with van der Waals surface area (Å²) in [6.45, 7) is 6.81. The van der Waals surface area contributed by atoms with Gasteiger partial charge in [0, 0.05) is 0 Å². The molecule has 0 bridgehead atoms. The molecular formula is C35H32Cl2Zr. The van der Waals surface area contributed by atoms with Crippen molar-refractivity contribution in [1.82, 2.24) is 0 Å². The largest absolute Gasteiger partial charge is 1.00 e. The summed E-state index contributed by atoms with van der Waals surface area (Å²) in [5, 5.41) is 0. The molecule has 38 heavy (non-hydrogen) atoms. The molecule has 3 heteroatoms. The fourth-order valence-corrected chi connectivity index (χ4v) is 14.3. The topological polar surface area (TPSA) is 0 Å². The number of hydrogen-bond acceptors (Lipinski definition) is 0. The van der Waals surface area contributed by atoms with Gasteiger partial charge in [0.25, 0.3) is 0 Å². The molecule has 0 unspecified atom stereocenters. The minimum Gasteiger partial charge on any atom is -1.00 e. The fraction of sp³-hybridized carbons (Fsp3) is 0.171. The minimum absolute atomic E-state index is 0. The molecule has 6 rings (SSSR count). The fourth-order valence-electron chi connectivity index (χ4n) is 5.92. The molecule has 0 radical (unpaired) electrons. The van der Waals surface area contributed by atoms with Crippen LogP contribution in [0.5, 0.6) is 0 Å². The van der Waals surface area contributed by atoms with E-state index in [0.29, 0.717) is 0 Å². The number of allylic oxidation sites excluding steroid dienone is 4. The Kier molecular flexibility index (Phi) is 9.25. The Hall–Kier alpha value is -2.31. The van der Waals surface area contributed by atoms with Crippen molar-refractivity contribution in [3.8, 4) is 11.1 Å². The third-order valence-corrected chi connectivity index (χ3v) is 15.8. The van der Waals surface area contributed by atoms with Crippen LogP contribution in [0.3, 0.4) is 0 Å². The molecule has 0 saturated carbocycles. The minimum atomic E-state index is -2.56. The molecule has 4 aromatic rings. The maximum atomic E-state index is 2.45. The number of hydrogen-bond donors (Lipinski definition) is 0. The Labute approximate surface area is 247 Å². The Morgan fingerprint density at radius 2 is 1.50 bits per heavy atom. The standard InChI is InChI=1S/C15H13.C15H14.C5H5.2ClH.Zr/c1-10-3-5-14-12(7-10)9-13-8-11(2)4-6-15(13)14;1-2-13-8-10-15(11-9-13)12-14-6-4-3-5-7-14;1-2-4-5-3-1;;;/h3-7H,9H2,1-2H3;3-11H,2H2,1H3;1-3H,4H2;2*1H;/q;;;;;+2/p-2. The van der Waals surface area contributed by atoms with Crippen LogP contribution >= 0.6 is 0 Å². The summed E-state index contributed by atoms with van der Waals surface area (Å²) < 4.78 is 4.98. The first kappa shape index (κ1) is 28.7. The van der Waals surface area contributed by atoms with E-state index < -0.39 is 21.3 Å². The SMILES string of the molecule is CCc1ccc(/[C](c2ccccc2)=[Zr+2](/[C]2=CC=CC2)[c]2c(C)ccc3c2Cc2cc(C)ccc2-3)cc1.[Cl-].[Cl-]. The van der Waals surface area contributed by atoms with Crippen LogP contribution in [0.15, 0.2) is 106 Å². The van der Waals surface area contributed by atoms with Crippen molar-refractivity contribution in [3.05, 3.63) is 145 Å². The Bertz CT molecular complexity index is 1560. The van der Waals surface area contributed by atoms with E-state index in [1.807, 2.05) is 0 Å². The maximum absolute atomic E-state index is 2.56. The summed E-state index contributed by atoms with van der Waals surface area (Å²) in [5.74, 6) is 0. The average Bonchev–Trinajstić information content (AvgIpc) is 3.56. The molecule has 0 N–H and O–H groups in total. The van der Waals surface area contributed by atoms with Crippen molar-refractivity contribution in [2.24, 2.45) is 0 Å². The molecule has 190 valence electrons. The van der Waals surface area contributed by atoms with Gasteiger partial charge in [-0.3, -0.25) is 0 Å². The van der Waals surface area contributed by atoms with Crippen molar-refractivity contribution >= 4 is 6.48 Å². The number of benzene rings is 4. The van der Waals surface area contributed by atoms with Gasteiger partial charge in [-0.25, -0.2) is 0 Å². The van der Waals surface area contributed by atoms with Gasteiger partial charge in [0.1, 0.15) is 0 Å². The van der Waals surface area contributed by atoms with Crippen LogP contribution in [0.2, 0.25) is 0 Å². The summed E-state index contributed by atoms with van der Waals surface area (Å²) >= 11 is -2.56. The second kappa shape index (κ2) is 12.3. The number of rotatable bonds is 5. The van der Waals surface area contributed by atoms with Gasteiger partial charge in [0.15, 0.2) is 0 Å². The Morgan fingerprint density at radius 1 is 0.789 bits per heavy atom. The number of fused-ring (bicyclic) bond motifs is 3. The van der Waals surface area contributed by atoms with Gasteiger partial charge in [0.2, 0.25) is 0 Å². The zero-order valence-corrected chi connectivity index (χ0v) is 26.2. The predicted octanol–water partition coefficient (Wildman–Crippen LogP) is 1.80. The van der Waals surface area contributed by atoms with Crippen molar-refractivity contribution in [2.75, 3.05) is 0 Å². The quantitative estimate of drug-likeness (QED) is 0.284. The van der Waals surface area contributed by atoms with E-state index in [9.17, 15) is 0 Å². The Morgan fingerprint density at radius 3 is 2.18 bits per heavy atom. The molecule has 2 aliphatic rings. The third-order valence-electron chi connectivity index (χ3n) is 7.75. The Balaban J connectivity index is 0.00000168. The molecule has 0 saturated heterocycles. The van der Waals surface area contributed by atoms with Crippen LogP contribution in [-0.2, 0) is 34.1 Å². The van der Waals surface area contributed by atoms with Crippen molar-refractivity contribution in [1.29, 1.82) is 0 Å². The van der Waals surface area contributed by atoms with Crippen LogP contribution < -0.4 is 28.1 Å². The van der Waals surface area contributed by atoms with E-state index in [1.165, 1.54) is 44.5 Å². The molecule has 4 aromatic carbocycles. The second-order valence-electron chi connectivity index (χ2n) is 10.1. The first-order chi connectivity index (χ1) is 17.6. The molecular weight excluding hydrogens is 583 g/mol. The van der Waals surface area contributed by atoms with Gasteiger partial charge in [-0.2, -0.15) is 0 Å². The number of aryl methyl sites for hydroxylation is 3. The summed E-state index contributed by atoms with van der Waals surface area (Å²) in [7, 11) is 0. The van der Waals surface area contributed by atoms with Gasteiger partial charge in [0.05, 0.1) is 0 Å². The van der Waals surface area contributed by atoms with Gasteiger partial charge in [-0.05, 0) is 0 Å². The zero-order valence-electron chi connectivity index (χ0n) is 22.2. The molecule has 0 heterocycles. The third kappa shape index (κ3) is 5.27. The van der Waals surface area contributed by atoms with Crippen LogP contribution in [0.25, 0.3) is 11.1 Å². The van der Waals surface area contributed by atoms with Gasteiger partial charge >= 0.3 is 224 Å². The van der Waals surface area contributed by atoms with Crippen molar-refractivity contribution in [3.63, 3.8) is 0 Å². The molecule has 0 amide bonds. The first-order valence-electron chi connectivity index (χ1n) is 13.1. The average molecular weight is 615 g/mol.